The van der Waals surface area contributed by atoms with E-state index in [0.717, 1.165) is 37.9 Å². The van der Waals surface area contributed by atoms with Gasteiger partial charge in [-0.3, -0.25) is 0 Å². The van der Waals surface area contributed by atoms with Gasteiger partial charge in [-0.2, -0.15) is 4.99 Å². The van der Waals surface area contributed by atoms with Crippen LogP contribution in [0, 0.1) is 0 Å². The van der Waals surface area contributed by atoms with E-state index < -0.39 is 0 Å². The molecule has 0 N–H and O–H groups in total. The number of aliphatic imine (C=N–C) groups is 2. The number of hydrogen-bond acceptors (Lipinski definition) is 2. The Kier molecular flexibility index (Phi) is 9.48. The molecule has 0 saturated carbocycles. The summed E-state index contributed by atoms with van der Waals surface area (Å²) in [6.45, 7) is 7.50. The van der Waals surface area contributed by atoms with Crippen LogP contribution >= 0.6 is 0 Å². The minimum atomic E-state index is 0.848. The van der Waals surface area contributed by atoms with Crippen LogP contribution in [0.4, 0.5) is 5.69 Å². The molecular weight excluding hydrogens is 256 g/mol. The van der Waals surface area contributed by atoms with Gasteiger partial charge in [0.1, 0.15) is 0 Å². The van der Waals surface area contributed by atoms with Gasteiger partial charge < -0.3 is 0 Å². The zero-order valence-electron chi connectivity index (χ0n) is 14.0. The van der Waals surface area contributed by atoms with Crippen LogP contribution in [-0.2, 0) is 12.8 Å². The molecule has 0 bridgehead atoms. The maximum Gasteiger partial charge on any atom is 0.0949 e. The Labute approximate surface area is 130 Å². The van der Waals surface area contributed by atoms with Gasteiger partial charge in [0, 0.05) is 6.54 Å². The van der Waals surface area contributed by atoms with Crippen molar-refractivity contribution in [1.29, 1.82) is 0 Å². The molecule has 0 amide bonds. The van der Waals surface area contributed by atoms with Crippen LogP contribution in [0.2, 0.25) is 0 Å². The normalized spacial score (nSPS) is 10.2. The standard InChI is InChI=1S/C19H30N2/c1-4-7-8-9-14-20-16-21-19-13-12-17(10-5-2)15-18(19)11-6-3/h12-13,15H,4-11,14H2,1-3H3. The quantitative estimate of drug-likeness (QED) is 0.373. The Morgan fingerprint density at radius 2 is 1.71 bits per heavy atom. The summed E-state index contributed by atoms with van der Waals surface area (Å²) < 4.78 is 0. The molecular formula is C19H30N2. The van der Waals surface area contributed by atoms with Crippen molar-refractivity contribution < 1.29 is 0 Å². The third kappa shape index (κ3) is 7.24. The predicted molar refractivity (Wildman–Crippen MR) is 93.0 cm³/mol. The third-order valence-electron chi connectivity index (χ3n) is 3.57. The van der Waals surface area contributed by atoms with E-state index in [1.165, 1.54) is 36.8 Å². The van der Waals surface area contributed by atoms with Crippen molar-refractivity contribution in [2.45, 2.75) is 72.1 Å². The monoisotopic (exact) mass is 286 g/mol. The van der Waals surface area contributed by atoms with E-state index >= 15 is 0 Å². The highest BCUT2D eigenvalue weighted by molar-refractivity contribution is 5.57. The van der Waals surface area contributed by atoms with Gasteiger partial charge in [-0.05, 0) is 36.5 Å². The van der Waals surface area contributed by atoms with Crippen molar-refractivity contribution >= 4 is 11.7 Å². The SMILES string of the molecule is CCCCCCN=C=Nc1ccc(CCC)cc1CCC. The summed E-state index contributed by atoms with van der Waals surface area (Å²) >= 11 is 0. The molecule has 21 heavy (non-hydrogen) atoms. The summed E-state index contributed by atoms with van der Waals surface area (Å²) in [4.78, 5) is 8.71. The summed E-state index contributed by atoms with van der Waals surface area (Å²) in [6.07, 6.45) is 9.52. The zero-order chi connectivity index (χ0) is 15.3. The fourth-order valence-corrected chi connectivity index (χ4v) is 2.42. The minimum Gasteiger partial charge on any atom is -0.225 e. The van der Waals surface area contributed by atoms with Crippen LogP contribution in [0.15, 0.2) is 28.2 Å². The lowest BCUT2D eigenvalue weighted by Crippen LogP contribution is -1.89. The van der Waals surface area contributed by atoms with E-state index in [2.05, 4.69) is 55.0 Å². The summed E-state index contributed by atoms with van der Waals surface area (Å²) in [5, 5.41) is 0. The van der Waals surface area contributed by atoms with E-state index in [4.69, 9.17) is 0 Å². The van der Waals surface area contributed by atoms with Gasteiger partial charge in [0.15, 0.2) is 0 Å². The second-order valence-electron chi connectivity index (χ2n) is 5.62. The molecule has 0 saturated heterocycles. The topological polar surface area (TPSA) is 24.7 Å². The summed E-state index contributed by atoms with van der Waals surface area (Å²) in [5.41, 5.74) is 3.78. The summed E-state index contributed by atoms with van der Waals surface area (Å²) in [6, 6.07) is 9.48. The van der Waals surface area contributed by atoms with Gasteiger partial charge >= 0.3 is 0 Å². The zero-order valence-corrected chi connectivity index (χ0v) is 14.0. The maximum atomic E-state index is 4.43. The average Bonchev–Trinajstić information content (AvgIpc) is 2.49. The Morgan fingerprint density at radius 1 is 0.905 bits per heavy atom. The van der Waals surface area contributed by atoms with Crippen LogP contribution in [0.5, 0.6) is 0 Å². The average molecular weight is 286 g/mol. The van der Waals surface area contributed by atoms with Crippen LogP contribution < -0.4 is 0 Å². The van der Waals surface area contributed by atoms with E-state index in [1.54, 1.807) is 0 Å². The molecule has 0 unspecified atom stereocenters. The lowest BCUT2D eigenvalue weighted by atomic mass is 10.0. The van der Waals surface area contributed by atoms with E-state index in [-0.39, 0.29) is 0 Å². The van der Waals surface area contributed by atoms with Crippen molar-refractivity contribution in [2.24, 2.45) is 9.98 Å². The predicted octanol–water partition coefficient (Wildman–Crippen LogP) is 5.98. The van der Waals surface area contributed by atoms with Crippen molar-refractivity contribution in [2.75, 3.05) is 6.54 Å². The third-order valence-corrected chi connectivity index (χ3v) is 3.57. The number of rotatable bonds is 10. The Morgan fingerprint density at radius 3 is 2.43 bits per heavy atom. The molecule has 1 aromatic carbocycles. The highest BCUT2D eigenvalue weighted by Gasteiger charge is 2.02. The maximum absolute atomic E-state index is 4.43. The first-order chi connectivity index (χ1) is 10.3. The molecule has 0 aromatic heterocycles. The van der Waals surface area contributed by atoms with Gasteiger partial charge in [0.05, 0.1) is 11.7 Å². The first-order valence-electron chi connectivity index (χ1n) is 8.55. The first-order valence-corrected chi connectivity index (χ1v) is 8.55. The Bertz CT molecular complexity index is 457. The van der Waals surface area contributed by atoms with E-state index in [1.807, 2.05) is 0 Å². The molecule has 1 aromatic rings. The second kappa shape index (κ2) is 11.3. The molecule has 0 radical (unpaired) electrons. The summed E-state index contributed by atoms with van der Waals surface area (Å²) in [7, 11) is 0. The van der Waals surface area contributed by atoms with Crippen molar-refractivity contribution in [3.05, 3.63) is 29.3 Å². The molecule has 0 aliphatic heterocycles. The number of unbranched alkanes of at least 4 members (excludes halogenated alkanes) is 3. The van der Waals surface area contributed by atoms with Crippen LogP contribution in [0.1, 0.15) is 70.4 Å². The van der Waals surface area contributed by atoms with E-state index in [0.29, 0.717) is 0 Å². The molecule has 0 aliphatic carbocycles. The smallest absolute Gasteiger partial charge is 0.0949 e. The molecule has 0 spiro atoms. The molecule has 116 valence electrons. The first kappa shape index (κ1) is 17.7. The molecule has 0 fully saturated rings. The highest BCUT2D eigenvalue weighted by atomic mass is 14.8. The number of aryl methyl sites for hydroxylation is 2. The van der Waals surface area contributed by atoms with Gasteiger partial charge in [-0.15, -0.1) is 0 Å². The van der Waals surface area contributed by atoms with Gasteiger partial charge in [-0.25, -0.2) is 4.99 Å². The molecule has 1 rings (SSSR count). The lowest BCUT2D eigenvalue weighted by molar-refractivity contribution is 0.676. The van der Waals surface area contributed by atoms with Crippen molar-refractivity contribution in [1.82, 2.24) is 0 Å². The molecule has 0 atom stereocenters. The largest absolute Gasteiger partial charge is 0.225 e. The lowest BCUT2D eigenvalue weighted by Gasteiger charge is -2.06. The molecule has 2 nitrogen and oxygen atoms in total. The van der Waals surface area contributed by atoms with Gasteiger partial charge in [0.25, 0.3) is 0 Å². The van der Waals surface area contributed by atoms with Gasteiger partial charge in [-0.1, -0.05) is 65.0 Å². The fraction of sp³-hybridized carbons (Fsp3) is 0.632. The molecule has 2 heteroatoms. The van der Waals surface area contributed by atoms with Crippen LogP contribution in [-0.4, -0.2) is 12.6 Å². The van der Waals surface area contributed by atoms with E-state index in [9.17, 15) is 0 Å². The molecule has 0 heterocycles. The van der Waals surface area contributed by atoms with Gasteiger partial charge in [0.2, 0.25) is 0 Å². The van der Waals surface area contributed by atoms with Crippen LogP contribution in [0.3, 0.4) is 0 Å². The van der Waals surface area contributed by atoms with Crippen LogP contribution in [0.25, 0.3) is 0 Å². The second-order valence-corrected chi connectivity index (χ2v) is 5.62. The summed E-state index contributed by atoms with van der Waals surface area (Å²) in [5.74, 6) is 0. The highest BCUT2D eigenvalue weighted by Crippen LogP contribution is 2.22. The number of benzene rings is 1. The van der Waals surface area contributed by atoms with Crippen molar-refractivity contribution in [3.63, 3.8) is 0 Å². The Balaban J connectivity index is 2.65. The minimum absolute atomic E-state index is 0.848. The number of nitrogens with zero attached hydrogens (tertiary/aromatic N) is 2. The Hall–Kier alpha value is -1.40. The number of hydrogen-bond donors (Lipinski definition) is 0. The fourth-order valence-electron chi connectivity index (χ4n) is 2.42. The van der Waals surface area contributed by atoms with Crippen molar-refractivity contribution in [3.8, 4) is 0 Å². The molecule has 0 aliphatic rings.